The Bertz CT molecular complexity index is 672. The quantitative estimate of drug-likeness (QED) is 0.784. The minimum atomic E-state index is 0.571. The van der Waals surface area contributed by atoms with Crippen LogP contribution in [0.5, 0.6) is 0 Å². The van der Waals surface area contributed by atoms with Gasteiger partial charge in [-0.3, -0.25) is 0 Å². The number of nitrogens with zero attached hydrogens (tertiary/aromatic N) is 1. The highest BCUT2D eigenvalue weighted by Gasteiger charge is 2.06. The first-order valence-corrected chi connectivity index (χ1v) is 6.68. The van der Waals surface area contributed by atoms with Crippen molar-refractivity contribution in [1.82, 2.24) is 5.16 Å². The lowest BCUT2D eigenvalue weighted by atomic mass is 10.0. The molecule has 0 saturated carbocycles. The second-order valence-electron chi connectivity index (χ2n) is 4.66. The van der Waals surface area contributed by atoms with Gasteiger partial charge in [-0.15, -0.1) is 0 Å². The van der Waals surface area contributed by atoms with Gasteiger partial charge in [0.15, 0.2) is 0 Å². The van der Waals surface area contributed by atoms with E-state index in [0.717, 1.165) is 23.4 Å². The summed E-state index contributed by atoms with van der Waals surface area (Å²) in [4.78, 5) is 0. The Morgan fingerprint density at radius 3 is 2.20 bits per heavy atom. The molecule has 3 nitrogen and oxygen atoms in total. The fourth-order valence-electron chi connectivity index (χ4n) is 2.17. The number of rotatable bonds is 4. The summed E-state index contributed by atoms with van der Waals surface area (Å²) < 4.78 is 5.24. The number of nitrogens with two attached hydrogens (primary N) is 1. The predicted molar refractivity (Wildman–Crippen MR) is 80.1 cm³/mol. The second-order valence-corrected chi connectivity index (χ2v) is 4.66. The number of hydrogen-bond donors (Lipinski definition) is 1. The zero-order valence-electron chi connectivity index (χ0n) is 11.1. The maximum absolute atomic E-state index is 5.50. The van der Waals surface area contributed by atoms with Gasteiger partial charge < -0.3 is 10.3 Å². The smallest absolute Gasteiger partial charge is 0.138 e. The van der Waals surface area contributed by atoms with E-state index in [9.17, 15) is 0 Å². The molecule has 0 atom stereocenters. The minimum Gasteiger partial charge on any atom is -0.361 e. The van der Waals surface area contributed by atoms with E-state index in [1.807, 2.05) is 24.3 Å². The zero-order chi connectivity index (χ0) is 13.8. The Balaban J connectivity index is 1.85. The van der Waals surface area contributed by atoms with E-state index in [4.69, 9.17) is 10.3 Å². The van der Waals surface area contributed by atoms with Gasteiger partial charge in [0.05, 0.1) is 0 Å². The molecule has 0 fully saturated rings. The standard InChI is InChI=1S/C17H16N2O/c18-11-10-16-12-17(19-20-16)15-8-6-14(7-9-15)13-4-2-1-3-5-13/h1-9,12H,10-11,18H2. The first-order valence-electron chi connectivity index (χ1n) is 6.68. The molecule has 1 heterocycles. The molecule has 3 heteroatoms. The van der Waals surface area contributed by atoms with Gasteiger partial charge >= 0.3 is 0 Å². The third kappa shape index (κ3) is 2.63. The molecule has 100 valence electrons. The van der Waals surface area contributed by atoms with Gasteiger partial charge in [-0.25, -0.2) is 0 Å². The molecule has 3 rings (SSSR count). The average Bonchev–Trinajstić information content (AvgIpc) is 2.97. The number of hydrogen-bond acceptors (Lipinski definition) is 3. The van der Waals surface area contributed by atoms with Gasteiger partial charge in [0.2, 0.25) is 0 Å². The summed E-state index contributed by atoms with van der Waals surface area (Å²) in [7, 11) is 0. The van der Waals surface area contributed by atoms with Crippen LogP contribution in [0.4, 0.5) is 0 Å². The predicted octanol–water partition coefficient (Wildman–Crippen LogP) is 3.51. The molecule has 3 aromatic rings. The van der Waals surface area contributed by atoms with Crippen molar-refractivity contribution in [1.29, 1.82) is 0 Å². The van der Waals surface area contributed by atoms with Crippen LogP contribution in [0, 0.1) is 0 Å². The summed E-state index contributed by atoms with van der Waals surface area (Å²) in [5.41, 5.74) is 9.82. The highest BCUT2D eigenvalue weighted by atomic mass is 16.5. The molecule has 0 aliphatic carbocycles. The third-order valence-corrected chi connectivity index (χ3v) is 3.24. The summed E-state index contributed by atoms with van der Waals surface area (Å²) >= 11 is 0. The molecule has 1 aromatic heterocycles. The normalized spacial score (nSPS) is 10.7. The Morgan fingerprint density at radius 1 is 0.850 bits per heavy atom. The second kappa shape index (κ2) is 5.72. The fraction of sp³-hybridized carbons (Fsp3) is 0.118. The van der Waals surface area contributed by atoms with E-state index in [0.29, 0.717) is 6.54 Å². The zero-order valence-corrected chi connectivity index (χ0v) is 11.1. The highest BCUT2D eigenvalue weighted by molar-refractivity contribution is 5.68. The summed E-state index contributed by atoms with van der Waals surface area (Å²) in [5.74, 6) is 0.828. The van der Waals surface area contributed by atoms with Crippen molar-refractivity contribution in [3.05, 3.63) is 66.4 Å². The maximum atomic E-state index is 5.50. The Hall–Kier alpha value is -2.39. The molecule has 0 spiro atoms. The van der Waals surface area contributed by atoms with Crippen molar-refractivity contribution >= 4 is 0 Å². The number of benzene rings is 2. The molecule has 2 N–H and O–H groups in total. The van der Waals surface area contributed by atoms with Crippen molar-refractivity contribution in [2.75, 3.05) is 6.54 Å². The van der Waals surface area contributed by atoms with Gasteiger partial charge in [0.1, 0.15) is 11.5 Å². The largest absolute Gasteiger partial charge is 0.361 e. The first kappa shape index (κ1) is 12.6. The molecule has 2 aromatic carbocycles. The molecule has 0 aliphatic heterocycles. The lowest BCUT2D eigenvalue weighted by Crippen LogP contribution is -2.01. The highest BCUT2D eigenvalue weighted by Crippen LogP contribution is 2.24. The van der Waals surface area contributed by atoms with Gasteiger partial charge in [-0.2, -0.15) is 0 Å². The Labute approximate surface area is 118 Å². The molecule has 0 radical (unpaired) electrons. The van der Waals surface area contributed by atoms with Crippen molar-refractivity contribution < 1.29 is 4.52 Å². The molecular formula is C17H16N2O. The van der Waals surface area contributed by atoms with Crippen molar-refractivity contribution in [2.45, 2.75) is 6.42 Å². The van der Waals surface area contributed by atoms with E-state index in [2.05, 4.69) is 41.6 Å². The van der Waals surface area contributed by atoms with E-state index < -0.39 is 0 Å². The Kier molecular flexibility index (Phi) is 3.61. The van der Waals surface area contributed by atoms with Gasteiger partial charge in [-0.05, 0) is 17.7 Å². The molecule has 0 amide bonds. The maximum Gasteiger partial charge on any atom is 0.138 e. The Morgan fingerprint density at radius 2 is 1.50 bits per heavy atom. The molecule has 0 saturated heterocycles. The van der Waals surface area contributed by atoms with Crippen LogP contribution in [0.1, 0.15) is 5.76 Å². The molecular weight excluding hydrogens is 248 g/mol. The molecule has 0 bridgehead atoms. The van der Waals surface area contributed by atoms with E-state index in [-0.39, 0.29) is 0 Å². The van der Waals surface area contributed by atoms with Crippen LogP contribution in [0.2, 0.25) is 0 Å². The van der Waals surface area contributed by atoms with Gasteiger partial charge in [0, 0.05) is 18.1 Å². The van der Waals surface area contributed by atoms with E-state index in [1.165, 1.54) is 11.1 Å². The lowest BCUT2D eigenvalue weighted by Gasteiger charge is -2.02. The van der Waals surface area contributed by atoms with Gasteiger partial charge in [0.25, 0.3) is 0 Å². The van der Waals surface area contributed by atoms with Crippen molar-refractivity contribution in [3.8, 4) is 22.4 Å². The van der Waals surface area contributed by atoms with Crippen LogP contribution >= 0.6 is 0 Å². The van der Waals surface area contributed by atoms with Crippen molar-refractivity contribution in [3.63, 3.8) is 0 Å². The minimum absolute atomic E-state index is 0.571. The lowest BCUT2D eigenvalue weighted by molar-refractivity contribution is 0.386. The van der Waals surface area contributed by atoms with Crippen molar-refractivity contribution in [2.24, 2.45) is 5.73 Å². The summed E-state index contributed by atoms with van der Waals surface area (Å²) in [6.07, 6.45) is 0.717. The van der Waals surface area contributed by atoms with Crippen LogP contribution < -0.4 is 5.73 Å². The average molecular weight is 264 g/mol. The number of aromatic nitrogens is 1. The molecule has 0 unspecified atom stereocenters. The van der Waals surface area contributed by atoms with E-state index in [1.54, 1.807) is 0 Å². The van der Waals surface area contributed by atoms with Crippen LogP contribution in [-0.4, -0.2) is 11.7 Å². The van der Waals surface area contributed by atoms with Gasteiger partial charge in [-0.1, -0.05) is 59.8 Å². The van der Waals surface area contributed by atoms with Crippen LogP contribution in [0.3, 0.4) is 0 Å². The third-order valence-electron chi connectivity index (χ3n) is 3.24. The SMILES string of the molecule is NCCc1cc(-c2ccc(-c3ccccc3)cc2)no1. The summed E-state index contributed by atoms with van der Waals surface area (Å²) in [6.45, 7) is 0.571. The fourth-order valence-corrected chi connectivity index (χ4v) is 2.17. The molecule has 20 heavy (non-hydrogen) atoms. The van der Waals surface area contributed by atoms with Crippen LogP contribution in [0.15, 0.2) is 65.2 Å². The summed E-state index contributed by atoms with van der Waals surface area (Å²) in [5, 5.41) is 4.08. The topological polar surface area (TPSA) is 52.0 Å². The molecule has 0 aliphatic rings. The monoisotopic (exact) mass is 264 g/mol. The van der Waals surface area contributed by atoms with Crippen LogP contribution in [-0.2, 0) is 6.42 Å². The van der Waals surface area contributed by atoms with E-state index >= 15 is 0 Å². The van der Waals surface area contributed by atoms with Crippen LogP contribution in [0.25, 0.3) is 22.4 Å². The summed E-state index contributed by atoms with van der Waals surface area (Å²) in [6, 6.07) is 20.6. The first-order chi connectivity index (χ1) is 9.86.